The van der Waals surface area contributed by atoms with Crippen molar-refractivity contribution in [3.05, 3.63) is 23.8 Å². The first-order chi connectivity index (χ1) is 13.0. The van der Waals surface area contributed by atoms with Gasteiger partial charge in [-0.25, -0.2) is 9.97 Å². The normalized spacial score (nSPS) is 31.1. The molecule has 27 heavy (non-hydrogen) atoms. The highest BCUT2D eigenvalue weighted by Gasteiger charge is 2.51. The molecule has 1 aliphatic heterocycles. The van der Waals surface area contributed by atoms with E-state index in [-0.39, 0.29) is 23.5 Å². The van der Waals surface area contributed by atoms with Crippen LogP contribution in [0.1, 0.15) is 69.8 Å². The lowest BCUT2D eigenvalue weighted by atomic mass is 9.78. The Morgan fingerprint density at radius 2 is 2.19 bits per heavy atom. The van der Waals surface area contributed by atoms with E-state index in [9.17, 15) is 4.79 Å². The Morgan fingerprint density at radius 1 is 1.37 bits per heavy atom. The van der Waals surface area contributed by atoms with Crippen molar-refractivity contribution in [2.24, 2.45) is 5.92 Å². The highest BCUT2D eigenvalue weighted by Crippen LogP contribution is 2.43. The largest absolute Gasteiger partial charge is 0.377 e. The topological polar surface area (TPSA) is 67.3 Å². The fourth-order valence-corrected chi connectivity index (χ4v) is 4.76. The lowest BCUT2D eigenvalue weighted by Crippen LogP contribution is -2.54. The maximum Gasteiger partial charge on any atom is 0.223 e. The summed E-state index contributed by atoms with van der Waals surface area (Å²) in [5.41, 5.74) is 0.999. The Labute approximate surface area is 162 Å². The first kappa shape index (κ1) is 18.8. The molecule has 4 rings (SSSR count). The van der Waals surface area contributed by atoms with Gasteiger partial charge in [0.05, 0.1) is 11.3 Å². The van der Waals surface area contributed by atoms with Crippen LogP contribution in [0, 0.1) is 5.92 Å². The molecule has 0 unspecified atom stereocenters. The van der Waals surface area contributed by atoms with Crippen molar-refractivity contribution in [3.63, 3.8) is 0 Å². The molecule has 1 N–H and O–H groups in total. The third-order valence-corrected chi connectivity index (χ3v) is 6.61. The number of carbonyl (C=O) groups excluding carboxylic acids is 1. The average molecular weight is 373 g/mol. The molecule has 2 heterocycles. The van der Waals surface area contributed by atoms with Crippen molar-refractivity contribution >= 4 is 5.91 Å². The van der Waals surface area contributed by atoms with E-state index < -0.39 is 0 Å². The number of hydrogen-bond acceptors (Lipinski definition) is 5. The minimum atomic E-state index is -0.0747. The molecule has 0 aromatic carbocycles. The van der Waals surface area contributed by atoms with E-state index in [4.69, 9.17) is 9.72 Å². The zero-order valence-corrected chi connectivity index (χ0v) is 16.8. The molecule has 0 spiro atoms. The summed E-state index contributed by atoms with van der Waals surface area (Å²) >= 11 is 0. The van der Waals surface area contributed by atoms with Gasteiger partial charge in [0.25, 0.3) is 0 Å². The van der Waals surface area contributed by atoms with Crippen molar-refractivity contribution < 1.29 is 9.53 Å². The number of methoxy groups -OCH3 is 1. The molecule has 6 nitrogen and oxygen atoms in total. The predicted octanol–water partition coefficient (Wildman–Crippen LogP) is 2.64. The molecule has 1 amide bonds. The number of amides is 1. The summed E-state index contributed by atoms with van der Waals surface area (Å²) in [6.07, 6.45) is 8.04. The van der Waals surface area contributed by atoms with E-state index in [1.807, 2.05) is 19.4 Å². The van der Waals surface area contributed by atoms with Gasteiger partial charge >= 0.3 is 0 Å². The number of likely N-dealkylation sites (tertiary alicyclic amines) is 1. The van der Waals surface area contributed by atoms with Crippen LogP contribution in [0.25, 0.3) is 0 Å². The molecule has 1 aromatic heterocycles. The van der Waals surface area contributed by atoms with Crippen LogP contribution in [0.4, 0.5) is 0 Å². The quantitative estimate of drug-likeness (QED) is 0.831. The number of aromatic nitrogens is 2. The molecule has 3 fully saturated rings. The van der Waals surface area contributed by atoms with Crippen molar-refractivity contribution in [2.45, 2.75) is 82.5 Å². The molecule has 3 atom stereocenters. The lowest BCUT2D eigenvalue weighted by molar-refractivity contribution is -0.124. The van der Waals surface area contributed by atoms with Crippen LogP contribution in [-0.2, 0) is 16.1 Å². The molecule has 1 saturated heterocycles. The zero-order chi connectivity index (χ0) is 19.0. The lowest BCUT2D eigenvalue weighted by Gasteiger charge is -2.44. The second-order valence-electron chi connectivity index (χ2n) is 8.82. The van der Waals surface area contributed by atoms with Gasteiger partial charge in [0.2, 0.25) is 5.91 Å². The van der Waals surface area contributed by atoms with Crippen molar-refractivity contribution in [1.82, 2.24) is 20.2 Å². The van der Waals surface area contributed by atoms with E-state index in [2.05, 4.69) is 29.0 Å². The summed E-state index contributed by atoms with van der Waals surface area (Å²) in [5.74, 6) is 1.77. The van der Waals surface area contributed by atoms with Gasteiger partial charge in [0, 0.05) is 50.3 Å². The average Bonchev–Trinajstić information content (AvgIpc) is 3.46. The number of nitrogens with one attached hydrogen (secondary N) is 1. The van der Waals surface area contributed by atoms with Gasteiger partial charge in [-0.1, -0.05) is 13.8 Å². The molecule has 0 radical (unpaired) electrons. The van der Waals surface area contributed by atoms with Gasteiger partial charge in [0.1, 0.15) is 5.82 Å². The number of fused-ring (bicyclic) bond motifs is 1. The Balaban J connectivity index is 1.46. The molecule has 148 valence electrons. The van der Waals surface area contributed by atoms with Gasteiger partial charge < -0.3 is 10.1 Å². The summed E-state index contributed by atoms with van der Waals surface area (Å²) in [4.78, 5) is 23.9. The number of rotatable bonds is 6. The summed E-state index contributed by atoms with van der Waals surface area (Å²) in [5, 5.41) is 3.30. The summed E-state index contributed by atoms with van der Waals surface area (Å²) in [6.45, 7) is 6.09. The SMILES string of the molecule is CO[C@@]12CC[C@@H](NC(=O)C3CC3)C[C@@H]1N(Cc1ccnc(C(C)C)n1)CC2. The van der Waals surface area contributed by atoms with Crippen LogP contribution < -0.4 is 5.32 Å². The molecule has 3 aliphatic rings. The van der Waals surface area contributed by atoms with Crippen LogP contribution in [0.3, 0.4) is 0 Å². The third kappa shape index (κ3) is 3.87. The van der Waals surface area contributed by atoms with E-state index in [1.54, 1.807) is 0 Å². The standard InChI is InChI=1S/C21H32N4O2/c1-14(2)19-22-10-7-17(23-19)13-25-11-9-21(27-3)8-6-16(12-18(21)25)24-20(26)15-4-5-15/h7,10,14-16,18H,4-6,8-9,11-13H2,1-3H3,(H,24,26)/t16-,18+,21-/m1/s1. The maximum absolute atomic E-state index is 12.2. The maximum atomic E-state index is 12.2. The van der Waals surface area contributed by atoms with E-state index in [1.165, 1.54) is 0 Å². The summed E-state index contributed by atoms with van der Waals surface area (Å²) < 4.78 is 6.06. The van der Waals surface area contributed by atoms with Gasteiger partial charge in [-0.2, -0.15) is 0 Å². The number of nitrogens with zero attached hydrogens (tertiary/aromatic N) is 3. The number of hydrogen-bond donors (Lipinski definition) is 1. The van der Waals surface area contributed by atoms with Gasteiger partial charge in [-0.3, -0.25) is 9.69 Å². The first-order valence-corrected chi connectivity index (χ1v) is 10.4. The highest BCUT2D eigenvalue weighted by molar-refractivity contribution is 5.81. The zero-order valence-electron chi connectivity index (χ0n) is 16.8. The fraction of sp³-hybridized carbons (Fsp3) is 0.762. The predicted molar refractivity (Wildman–Crippen MR) is 103 cm³/mol. The molecular formula is C21H32N4O2. The minimum absolute atomic E-state index is 0.0747. The van der Waals surface area contributed by atoms with E-state index in [0.29, 0.717) is 12.0 Å². The molecule has 0 bridgehead atoms. The van der Waals surface area contributed by atoms with E-state index >= 15 is 0 Å². The van der Waals surface area contributed by atoms with Crippen molar-refractivity contribution in [2.75, 3.05) is 13.7 Å². The second-order valence-corrected chi connectivity index (χ2v) is 8.82. The smallest absolute Gasteiger partial charge is 0.223 e. The first-order valence-electron chi connectivity index (χ1n) is 10.4. The highest BCUT2D eigenvalue weighted by atomic mass is 16.5. The minimum Gasteiger partial charge on any atom is -0.377 e. The third-order valence-electron chi connectivity index (χ3n) is 6.61. The molecule has 2 aliphatic carbocycles. The summed E-state index contributed by atoms with van der Waals surface area (Å²) in [7, 11) is 1.85. The summed E-state index contributed by atoms with van der Waals surface area (Å²) in [6, 6.07) is 2.62. The van der Waals surface area contributed by atoms with Gasteiger partial charge in [-0.05, 0) is 44.6 Å². The van der Waals surface area contributed by atoms with Crippen molar-refractivity contribution in [1.29, 1.82) is 0 Å². The van der Waals surface area contributed by atoms with Crippen molar-refractivity contribution in [3.8, 4) is 0 Å². The Morgan fingerprint density at radius 3 is 2.89 bits per heavy atom. The Hall–Kier alpha value is -1.53. The Bertz CT molecular complexity index is 691. The van der Waals surface area contributed by atoms with Crippen LogP contribution in [0.5, 0.6) is 0 Å². The molecular weight excluding hydrogens is 340 g/mol. The molecule has 2 saturated carbocycles. The van der Waals surface area contributed by atoms with Crippen LogP contribution in [0.2, 0.25) is 0 Å². The fourth-order valence-electron chi connectivity index (χ4n) is 4.76. The van der Waals surface area contributed by atoms with Gasteiger partial charge in [-0.15, -0.1) is 0 Å². The van der Waals surface area contributed by atoms with Gasteiger partial charge in [0.15, 0.2) is 0 Å². The van der Waals surface area contributed by atoms with Crippen LogP contribution >= 0.6 is 0 Å². The molecule has 1 aromatic rings. The molecule has 6 heteroatoms. The number of carbonyl (C=O) groups is 1. The van der Waals surface area contributed by atoms with Crippen LogP contribution in [0.15, 0.2) is 12.3 Å². The monoisotopic (exact) mass is 372 g/mol. The Kier molecular flexibility index (Phi) is 5.21. The van der Waals surface area contributed by atoms with E-state index in [0.717, 1.165) is 63.1 Å². The van der Waals surface area contributed by atoms with Crippen LogP contribution in [-0.4, -0.2) is 52.1 Å². The number of ether oxygens (including phenoxy) is 1. The second kappa shape index (κ2) is 7.47.